The third kappa shape index (κ3) is 3.37. The summed E-state index contributed by atoms with van der Waals surface area (Å²) >= 11 is 0. The van der Waals surface area contributed by atoms with Crippen LogP contribution >= 0.6 is 0 Å². The fraction of sp³-hybridized carbons (Fsp3) is 0.350. The van der Waals surface area contributed by atoms with E-state index in [1.165, 1.54) is 12.1 Å². The molecule has 3 heterocycles. The topological polar surface area (TPSA) is 72.4 Å². The van der Waals surface area contributed by atoms with Crippen molar-refractivity contribution in [2.24, 2.45) is 0 Å². The minimum Gasteiger partial charge on any atom is -0.361 e. The largest absolute Gasteiger partial charge is 0.361 e. The smallest absolute Gasteiger partial charge is 0.293 e. The molecule has 1 aromatic carbocycles. The minimum absolute atomic E-state index is 0.131. The fourth-order valence-electron chi connectivity index (χ4n) is 3.32. The molecule has 7 heteroatoms. The molecule has 0 bridgehead atoms. The number of carbonyl (C=O) groups excluding carboxylic acids is 1. The predicted octanol–water partition coefficient (Wildman–Crippen LogP) is 4.57. The van der Waals surface area contributed by atoms with Gasteiger partial charge in [0.2, 0.25) is 5.76 Å². The monoisotopic (exact) mass is 369 g/mol. The fourth-order valence-corrected chi connectivity index (χ4v) is 3.32. The molecule has 27 heavy (non-hydrogen) atoms. The van der Waals surface area contributed by atoms with Crippen LogP contribution in [0.5, 0.6) is 0 Å². The summed E-state index contributed by atoms with van der Waals surface area (Å²) in [5, 5.41) is 8.11. The quantitative estimate of drug-likeness (QED) is 0.674. The van der Waals surface area contributed by atoms with E-state index in [2.05, 4.69) is 10.3 Å². The molecule has 1 atom stereocenters. The van der Waals surface area contributed by atoms with Crippen LogP contribution in [0.3, 0.4) is 0 Å². The van der Waals surface area contributed by atoms with Crippen LogP contribution in [0.25, 0.3) is 11.3 Å². The van der Waals surface area contributed by atoms with Crippen molar-refractivity contribution in [3.63, 3.8) is 0 Å². The van der Waals surface area contributed by atoms with Crippen molar-refractivity contribution in [1.29, 1.82) is 0 Å². The Morgan fingerprint density at radius 3 is 2.67 bits per heavy atom. The molecule has 3 aromatic rings. The van der Waals surface area contributed by atoms with Crippen molar-refractivity contribution in [3.8, 4) is 11.3 Å². The molecular formula is C20H20FN3O3. The van der Waals surface area contributed by atoms with Crippen LogP contribution in [-0.4, -0.2) is 27.7 Å². The van der Waals surface area contributed by atoms with Crippen LogP contribution in [0.15, 0.2) is 45.4 Å². The molecule has 0 radical (unpaired) electrons. The van der Waals surface area contributed by atoms with Gasteiger partial charge in [-0.25, -0.2) is 4.39 Å². The lowest BCUT2D eigenvalue weighted by Crippen LogP contribution is -2.30. The Bertz CT molecular complexity index is 946. The van der Waals surface area contributed by atoms with E-state index in [4.69, 9.17) is 9.05 Å². The second-order valence-electron chi connectivity index (χ2n) is 7.05. The van der Waals surface area contributed by atoms with Gasteiger partial charge in [-0.2, -0.15) is 0 Å². The molecule has 0 spiro atoms. The third-order valence-corrected chi connectivity index (χ3v) is 4.83. The van der Waals surface area contributed by atoms with Gasteiger partial charge in [-0.3, -0.25) is 4.79 Å². The van der Waals surface area contributed by atoms with Crippen molar-refractivity contribution in [2.45, 2.75) is 38.6 Å². The zero-order valence-electron chi connectivity index (χ0n) is 15.2. The van der Waals surface area contributed by atoms with E-state index in [0.29, 0.717) is 17.8 Å². The van der Waals surface area contributed by atoms with E-state index < -0.39 is 0 Å². The zero-order chi connectivity index (χ0) is 19.0. The maximum Gasteiger partial charge on any atom is 0.293 e. The summed E-state index contributed by atoms with van der Waals surface area (Å²) in [4.78, 5) is 14.7. The molecule has 1 aliphatic heterocycles. The van der Waals surface area contributed by atoms with Crippen molar-refractivity contribution in [1.82, 2.24) is 15.2 Å². The van der Waals surface area contributed by atoms with Gasteiger partial charge in [0.05, 0.1) is 6.04 Å². The predicted molar refractivity (Wildman–Crippen MR) is 95.5 cm³/mol. The Morgan fingerprint density at radius 1 is 1.19 bits per heavy atom. The highest BCUT2D eigenvalue weighted by molar-refractivity contribution is 5.92. The highest BCUT2D eigenvalue weighted by Gasteiger charge is 2.34. The Kier molecular flexibility index (Phi) is 4.51. The van der Waals surface area contributed by atoms with Gasteiger partial charge in [-0.05, 0) is 37.1 Å². The van der Waals surface area contributed by atoms with E-state index >= 15 is 0 Å². The normalized spacial score (nSPS) is 17.0. The number of amides is 1. The molecule has 1 saturated heterocycles. The second kappa shape index (κ2) is 6.98. The number of hydrogen-bond acceptors (Lipinski definition) is 5. The third-order valence-electron chi connectivity index (χ3n) is 4.83. The molecule has 0 N–H and O–H groups in total. The zero-order valence-corrected chi connectivity index (χ0v) is 15.2. The Balaban J connectivity index is 1.55. The molecule has 140 valence electrons. The molecule has 0 aliphatic carbocycles. The SMILES string of the molecule is CC(C)c1cc(C2CCCN2C(=O)c2cc(-c3ccc(F)cc3)no2)no1. The number of benzene rings is 1. The number of likely N-dealkylation sites (tertiary alicyclic amines) is 1. The number of halogens is 1. The Labute approximate surface area is 155 Å². The summed E-state index contributed by atoms with van der Waals surface area (Å²) in [6, 6.07) is 9.27. The van der Waals surface area contributed by atoms with Crippen molar-refractivity contribution < 1.29 is 18.2 Å². The number of nitrogens with zero attached hydrogens (tertiary/aromatic N) is 3. The van der Waals surface area contributed by atoms with Gasteiger partial charge >= 0.3 is 0 Å². The minimum atomic E-state index is -0.327. The van der Waals surface area contributed by atoms with Crippen LogP contribution in [-0.2, 0) is 0 Å². The van der Waals surface area contributed by atoms with Gasteiger partial charge in [-0.15, -0.1) is 0 Å². The lowest BCUT2D eigenvalue weighted by Gasteiger charge is -2.21. The molecular weight excluding hydrogens is 349 g/mol. The van der Waals surface area contributed by atoms with Crippen LogP contribution in [0.2, 0.25) is 0 Å². The van der Waals surface area contributed by atoms with Crippen LogP contribution in [0.1, 0.15) is 60.7 Å². The average Bonchev–Trinajstić information content (AvgIpc) is 3.40. The molecule has 4 rings (SSSR count). The molecule has 1 amide bonds. The molecule has 6 nitrogen and oxygen atoms in total. The van der Waals surface area contributed by atoms with Crippen LogP contribution < -0.4 is 0 Å². The lowest BCUT2D eigenvalue weighted by atomic mass is 10.1. The Hall–Kier alpha value is -2.96. The van der Waals surface area contributed by atoms with Gasteiger partial charge in [-0.1, -0.05) is 24.2 Å². The van der Waals surface area contributed by atoms with E-state index in [1.54, 1.807) is 23.1 Å². The van der Waals surface area contributed by atoms with Gasteiger partial charge in [0.25, 0.3) is 5.91 Å². The van der Waals surface area contributed by atoms with E-state index in [9.17, 15) is 9.18 Å². The standard InChI is InChI=1S/C20H20FN3O3/c1-12(2)18-11-16(23-26-18)17-4-3-9-24(17)20(25)19-10-15(22-27-19)13-5-7-14(21)8-6-13/h5-8,10-12,17H,3-4,9H2,1-2H3. The van der Waals surface area contributed by atoms with Gasteiger partial charge < -0.3 is 13.9 Å². The molecule has 2 aromatic heterocycles. The second-order valence-corrected chi connectivity index (χ2v) is 7.05. The van der Waals surface area contributed by atoms with Gasteiger partial charge in [0, 0.05) is 30.2 Å². The average molecular weight is 369 g/mol. The first-order chi connectivity index (χ1) is 13.0. The summed E-state index contributed by atoms with van der Waals surface area (Å²) in [5.41, 5.74) is 1.95. The summed E-state index contributed by atoms with van der Waals surface area (Å²) in [6.45, 7) is 4.70. The molecule has 1 aliphatic rings. The first kappa shape index (κ1) is 17.5. The lowest BCUT2D eigenvalue weighted by molar-refractivity contribution is 0.0688. The van der Waals surface area contributed by atoms with Crippen LogP contribution in [0.4, 0.5) is 4.39 Å². The number of aromatic nitrogens is 2. The highest BCUT2D eigenvalue weighted by Crippen LogP contribution is 2.34. The maximum absolute atomic E-state index is 13.1. The van der Waals surface area contributed by atoms with Crippen molar-refractivity contribution in [3.05, 3.63) is 59.4 Å². The van der Waals surface area contributed by atoms with E-state index in [-0.39, 0.29) is 29.4 Å². The number of carbonyl (C=O) groups is 1. The van der Waals surface area contributed by atoms with E-state index in [0.717, 1.165) is 24.3 Å². The number of hydrogen-bond donors (Lipinski definition) is 0. The van der Waals surface area contributed by atoms with Crippen molar-refractivity contribution in [2.75, 3.05) is 6.54 Å². The van der Waals surface area contributed by atoms with Crippen molar-refractivity contribution >= 4 is 5.91 Å². The Morgan fingerprint density at radius 2 is 1.96 bits per heavy atom. The van der Waals surface area contributed by atoms with E-state index in [1.807, 2.05) is 19.9 Å². The molecule has 1 fully saturated rings. The van der Waals surface area contributed by atoms with Gasteiger partial charge in [0.1, 0.15) is 23.0 Å². The highest BCUT2D eigenvalue weighted by atomic mass is 19.1. The number of rotatable bonds is 4. The first-order valence-electron chi connectivity index (χ1n) is 9.03. The summed E-state index contributed by atoms with van der Waals surface area (Å²) in [6.07, 6.45) is 1.72. The summed E-state index contributed by atoms with van der Waals surface area (Å²) in [7, 11) is 0. The maximum atomic E-state index is 13.1. The van der Waals surface area contributed by atoms with Crippen LogP contribution in [0, 0.1) is 5.82 Å². The molecule has 1 unspecified atom stereocenters. The molecule has 0 saturated carbocycles. The van der Waals surface area contributed by atoms with Gasteiger partial charge in [0.15, 0.2) is 0 Å². The first-order valence-corrected chi connectivity index (χ1v) is 9.03. The summed E-state index contributed by atoms with van der Waals surface area (Å²) in [5.74, 6) is 0.653. The summed E-state index contributed by atoms with van der Waals surface area (Å²) < 4.78 is 23.7.